The molecule has 1 amide bonds. The van der Waals surface area contributed by atoms with Crippen molar-refractivity contribution in [2.24, 2.45) is 5.73 Å². The summed E-state index contributed by atoms with van der Waals surface area (Å²) in [6.07, 6.45) is 2.88. The maximum Gasteiger partial charge on any atom is 0.233 e. The van der Waals surface area contributed by atoms with E-state index in [9.17, 15) is 4.79 Å². The molecule has 1 atom stereocenters. The lowest BCUT2D eigenvalue weighted by Crippen LogP contribution is -2.39. The smallest absolute Gasteiger partial charge is 0.233 e. The van der Waals surface area contributed by atoms with Crippen molar-refractivity contribution in [2.45, 2.75) is 30.7 Å². The van der Waals surface area contributed by atoms with Crippen LogP contribution in [0.3, 0.4) is 0 Å². The van der Waals surface area contributed by atoms with E-state index < -0.39 is 0 Å². The van der Waals surface area contributed by atoms with E-state index in [1.54, 1.807) is 0 Å². The molecule has 1 heterocycles. The molecule has 2 N–H and O–H groups in total. The molecule has 0 radical (unpaired) electrons. The van der Waals surface area contributed by atoms with E-state index >= 15 is 0 Å². The van der Waals surface area contributed by atoms with Gasteiger partial charge in [0.1, 0.15) is 0 Å². The quantitative estimate of drug-likeness (QED) is 0.895. The highest BCUT2D eigenvalue weighted by molar-refractivity contribution is 9.10. The van der Waals surface area contributed by atoms with Crippen molar-refractivity contribution in [3.63, 3.8) is 0 Å². The van der Waals surface area contributed by atoms with Gasteiger partial charge < -0.3 is 10.6 Å². The number of hydrogen-bond donors (Lipinski definition) is 1. The van der Waals surface area contributed by atoms with Gasteiger partial charge in [-0.25, -0.2) is 0 Å². The Morgan fingerprint density at radius 3 is 2.42 bits per heavy atom. The van der Waals surface area contributed by atoms with E-state index in [0.29, 0.717) is 0 Å². The first-order chi connectivity index (χ1) is 8.62. The summed E-state index contributed by atoms with van der Waals surface area (Å²) < 4.78 is 1.05. The molecule has 1 aromatic carbocycles. The molecule has 2 fully saturated rings. The van der Waals surface area contributed by atoms with Gasteiger partial charge in [-0.2, -0.15) is 0 Å². The van der Waals surface area contributed by atoms with Crippen LogP contribution in [0.4, 0.5) is 0 Å². The summed E-state index contributed by atoms with van der Waals surface area (Å²) in [7, 11) is 0. The molecule has 0 bridgehead atoms. The summed E-state index contributed by atoms with van der Waals surface area (Å²) in [5.74, 6) is 0.276. The van der Waals surface area contributed by atoms with Crippen molar-refractivity contribution in [1.29, 1.82) is 0 Å². The van der Waals surface area contributed by atoms with Crippen molar-refractivity contribution in [1.82, 2.24) is 4.90 Å². The number of nitrogens with zero attached hydrogens (tertiary/aromatic N) is 1. The second kappa shape index (κ2) is 5.43. The first-order valence-electron chi connectivity index (χ1n) is 6.43. The molecule has 0 spiro atoms. The molecule has 1 aliphatic carbocycles. The Balaban J connectivity index is 0.00000133. The van der Waals surface area contributed by atoms with Gasteiger partial charge in [0.25, 0.3) is 0 Å². The van der Waals surface area contributed by atoms with Gasteiger partial charge in [0.2, 0.25) is 5.91 Å². The molecule has 104 valence electrons. The lowest BCUT2D eigenvalue weighted by molar-refractivity contribution is -0.132. The number of hydrogen-bond acceptors (Lipinski definition) is 2. The van der Waals surface area contributed by atoms with Crippen LogP contribution in [-0.4, -0.2) is 29.9 Å². The van der Waals surface area contributed by atoms with E-state index in [-0.39, 0.29) is 29.8 Å². The minimum atomic E-state index is -0.245. The van der Waals surface area contributed by atoms with E-state index in [1.807, 2.05) is 17.0 Å². The average Bonchev–Trinajstić information content (AvgIpc) is 3.06. The van der Waals surface area contributed by atoms with Crippen molar-refractivity contribution in [3.05, 3.63) is 34.3 Å². The molecule has 5 heteroatoms. The van der Waals surface area contributed by atoms with Gasteiger partial charge in [-0.15, -0.1) is 12.4 Å². The summed E-state index contributed by atoms with van der Waals surface area (Å²) in [5, 5.41) is 0. The fraction of sp³-hybridized carbons (Fsp3) is 0.500. The van der Waals surface area contributed by atoms with Gasteiger partial charge in [-0.05, 0) is 37.0 Å². The van der Waals surface area contributed by atoms with Crippen LogP contribution < -0.4 is 5.73 Å². The van der Waals surface area contributed by atoms with Crippen LogP contribution in [0, 0.1) is 0 Å². The fourth-order valence-corrected chi connectivity index (χ4v) is 3.06. The standard InChI is InChI=1S/C14H17BrN2O.ClH/c15-11-3-1-10(2-4-11)14(6-7-14)13(18)17-8-5-12(16)9-17;/h1-4,12H,5-9,16H2;1H/t12-;/m1./s1. The minimum Gasteiger partial charge on any atom is -0.340 e. The van der Waals surface area contributed by atoms with Gasteiger partial charge in [0, 0.05) is 23.6 Å². The van der Waals surface area contributed by atoms with Crippen LogP contribution in [0.1, 0.15) is 24.8 Å². The Kier molecular flexibility index (Phi) is 4.23. The Labute approximate surface area is 128 Å². The van der Waals surface area contributed by atoms with Crippen LogP contribution in [0.5, 0.6) is 0 Å². The van der Waals surface area contributed by atoms with Crippen LogP contribution >= 0.6 is 28.3 Å². The van der Waals surface area contributed by atoms with Crippen LogP contribution in [0.25, 0.3) is 0 Å². The molecule has 0 unspecified atom stereocenters. The van der Waals surface area contributed by atoms with Crippen LogP contribution in [0.2, 0.25) is 0 Å². The normalized spacial score (nSPS) is 23.9. The highest BCUT2D eigenvalue weighted by atomic mass is 79.9. The lowest BCUT2D eigenvalue weighted by atomic mass is 9.94. The first kappa shape index (κ1) is 14.8. The Morgan fingerprint density at radius 1 is 1.32 bits per heavy atom. The molecule has 1 aromatic rings. The lowest BCUT2D eigenvalue weighted by Gasteiger charge is -2.23. The number of rotatable bonds is 2. The van der Waals surface area contributed by atoms with E-state index in [4.69, 9.17) is 5.73 Å². The van der Waals surface area contributed by atoms with Crippen molar-refractivity contribution in [2.75, 3.05) is 13.1 Å². The largest absolute Gasteiger partial charge is 0.340 e. The average molecular weight is 346 g/mol. The summed E-state index contributed by atoms with van der Waals surface area (Å²) in [4.78, 5) is 14.6. The first-order valence-corrected chi connectivity index (χ1v) is 7.22. The molecule has 2 aliphatic rings. The second-order valence-corrected chi connectivity index (χ2v) is 6.30. The summed E-state index contributed by atoms with van der Waals surface area (Å²) in [5.41, 5.74) is 6.79. The van der Waals surface area contributed by atoms with Crippen molar-refractivity contribution >= 4 is 34.2 Å². The van der Waals surface area contributed by atoms with Gasteiger partial charge in [-0.3, -0.25) is 4.79 Å². The molecule has 0 aromatic heterocycles. The van der Waals surface area contributed by atoms with Crippen LogP contribution in [-0.2, 0) is 10.2 Å². The van der Waals surface area contributed by atoms with Crippen molar-refractivity contribution in [3.8, 4) is 0 Å². The van der Waals surface area contributed by atoms with E-state index in [2.05, 4.69) is 28.1 Å². The molecule has 3 rings (SSSR count). The molecule has 19 heavy (non-hydrogen) atoms. The van der Waals surface area contributed by atoms with Crippen molar-refractivity contribution < 1.29 is 4.79 Å². The number of amides is 1. The SMILES string of the molecule is Cl.N[C@@H]1CCN(C(=O)C2(c3ccc(Br)cc3)CC2)C1. The highest BCUT2D eigenvalue weighted by Gasteiger charge is 2.53. The van der Waals surface area contributed by atoms with Gasteiger partial charge >= 0.3 is 0 Å². The maximum atomic E-state index is 12.6. The number of halogens is 2. The summed E-state index contributed by atoms with van der Waals surface area (Å²) in [6.45, 7) is 1.54. The van der Waals surface area contributed by atoms with E-state index in [0.717, 1.165) is 42.4 Å². The molecular formula is C14H18BrClN2O. The number of carbonyl (C=O) groups is 1. The number of carbonyl (C=O) groups excluding carboxylic acids is 1. The highest BCUT2D eigenvalue weighted by Crippen LogP contribution is 2.50. The zero-order valence-corrected chi connectivity index (χ0v) is 13.0. The van der Waals surface area contributed by atoms with E-state index in [1.165, 1.54) is 0 Å². The summed E-state index contributed by atoms with van der Waals surface area (Å²) in [6, 6.07) is 8.31. The third-order valence-corrected chi connectivity index (χ3v) is 4.60. The third kappa shape index (κ3) is 2.67. The number of benzene rings is 1. The molecule has 1 saturated carbocycles. The predicted molar refractivity (Wildman–Crippen MR) is 81.5 cm³/mol. The zero-order valence-electron chi connectivity index (χ0n) is 10.6. The predicted octanol–water partition coefficient (Wildman–Crippen LogP) is 2.46. The van der Waals surface area contributed by atoms with Gasteiger partial charge in [0.05, 0.1) is 5.41 Å². The second-order valence-electron chi connectivity index (χ2n) is 5.39. The maximum absolute atomic E-state index is 12.6. The van der Waals surface area contributed by atoms with Gasteiger partial charge in [-0.1, -0.05) is 28.1 Å². The molecular weight excluding hydrogens is 328 g/mol. The molecule has 1 saturated heterocycles. The Hall–Kier alpha value is -0.580. The van der Waals surface area contributed by atoms with Crippen LogP contribution in [0.15, 0.2) is 28.7 Å². The Morgan fingerprint density at radius 2 is 1.95 bits per heavy atom. The zero-order chi connectivity index (χ0) is 12.8. The Bertz CT molecular complexity index is 473. The van der Waals surface area contributed by atoms with Gasteiger partial charge in [0.15, 0.2) is 0 Å². The minimum absolute atomic E-state index is 0. The fourth-order valence-electron chi connectivity index (χ4n) is 2.79. The summed E-state index contributed by atoms with van der Waals surface area (Å²) >= 11 is 3.43. The molecule has 1 aliphatic heterocycles. The third-order valence-electron chi connectivity index (χ3n) is 4.07. The molecule has 3 nitrogen and oxygen atoms in total. The number of likely N-dealkylation sites (tertiary alicyclic amines) is 1. The number of nitrogens with two attached hydrogens (primary N) is 1. The topological polar surface area (TPSA) is 46.3 Å². The monoisotopic (exact) mass is 344 g/mol.